The third-order valence-electron chi connectivity index (χ3n) is 3.11. The van der Waals surface area contributed by atoms with Crippen molar-refractivity contribution in [3.8, 4) is 0 Å². The summed E-state index contributed by atoms with van der Waals surface area (Å²) < 4.78 is 26.0. The van der Waals surface area contributed by atoms with Crippen LogP contribution in [0.3, 0.4) is 0 Å². The average Bonchev–Trinajstić information content (AvgIpc) is 2.88. The number of likely N-dealkylation sites (N-methyl/N-ethyl adjacent to an activating group) is 1. The molecule has 1 fully saturated rings. The number of aromatic nitrogens is 1. The van der Waals surface area contributed by atoms with Gasteiger partial charge in [-0.1, -0.05) is 0 Å². The molecule has 1 atom stereocenters. The van der Waals surface area contributed by atoms with Crippen LogP contribution in [0.25, 0.3) is 0 Å². The molecule has 1 aliphatic rings. The zero-order valence-electron chi connectivity index (χ0n) is 10.4. The highest BCUT2D eigenvalue weighted by atomic mass is 32.2. The number of aromatic amines is 1. The second-order valence-electron chi connectivity index (χ2n) is 4.28. The molecule has 1 aromatic rings. The van der Waals surface area contributed by atoms with E-state index in [1.165, 1.54) is 17.4 Å². The van der Waals surface area contributed by atoms with Crippen molar-refractivity contribution in [2.24, 2.45) is 0 Å². The van der Waals surface area contributed by atoms with Crippen LogP contribution in [-0.2, 0) is 14.8 Å². The number of carbonyl (C=O) groups is 1. The van der Waals surface area contributed by atoms with Gasteiger partial charge in [0.25, 0.3) is 0 Å². The highest BCUT2D eigenvalue weighted by Gasteiger charge is 2.39. The summed E-state index contributed by atoms with van der Waals surface area (Å²) in [6, 6.07) is 1.72. The average molecular weight is 285 g/mol. The predicted octanol–water partition coefficient (Wildman–Crippen LogP) is -0.726. The van der Waals surface area contributed by atoms with E-state index in [1.54, 1.807) is 0 Å². The Kier molecular flexibility index (Phi) is 3.72. The summed E-state index contributed by atoms with van der Waals surface area (Å²) in [5.74, 6) is -0.314. The van der Waals surface area contributed by atoms with E-state index in [9.17, 15) is 18.0 Å². The van der Waals surface area contributed by atoms with E-state index in [0.29, 0.717) is 19.4 Å². The summed E-state index contributed by atoms with van der Waals surface area (Å²) in [6.45, 7) is 0.305. The van der Waals surface area contributed by atoms with E-state index in [4.69, 9.17) is 0 Å². The van der Waals surface area contributed by atoms with Crippen LogP contribution >= 0.6 is 0 Å². The van der Waals surface area contributed by atoms with Gasteiger partial charge in [0.1, 0.15) is 6.04 Å². The molecule has 2 N–H and O–H groups in total. The zero-order valence-corrected chi connectivity index (χ0v) is 11.2. The highest BCUT2D eigenvalue weighted by Crippen LogP contribution is 2.25. The second-order valence-corrected chi connectivity index (χ2v) is 6.17. The summed E-state index contributed by atoms with van der Waals surface area (Å²) in [5, 5.41) is 2.47. The summed E-state index contributed by atoms with van der Waals surface area (Å²) in [4.78, 5) is 25.0. The molecule has 19 heavy (non-hydrogen) atoms. The van der Waals surface area contributed by atoms with Crippen LogP contribution in [0, 0.1) is 0 Å². The maximum Gasteiger partial charge on any atom is 0.247 e. The molecule has 8 heteroatoms. The van der Waals surface area contributed by atoms with E-state index < -0.39 is 16.1 Å². The van der Waals surface area contributed by atoms with Gasteiger partial charge in [-0.25, -0.2) is 8.42 Å². The summed E-state index contributed by atoms with van der Waals surface area (Å²) in [7, 11) is -2.28. The van der Waals surface area contributed by atoms with Crippen LogP contribution in [0.5, 0.6) is 0 Å². The molecule has 0 aromatic carbocycles. The summed E-state index contributed by atoms with van der Waals surface area (Å²) >= 11 is 0. The van der Waals surface area contributed by atoms with Crippen molar-refractivity contribution in [2.75, 3.05) is 13.6 Å². The van der Waals surface area contributed by atoms with Gasteiger partial charge in [0.05, 0.1) is 4.90 Å². The first-order valence-corrected chi connectivity index (χ1v) is 7.33. The minimum Gasteiger partial charge on any atom is -0.358 e. The molecular formula is C11H15N3O4S. The maximum absolute atomic E-state index is 12.4. The predicted molar refractivity (Wildman–Crippen MR) is 68.0 cm³/mol. The van der Waals surface area contributed by atoms with Crippen molar-refractivity contribution < 1.29 is 13.2 Å². The minimum absolute atomic E-state index is 0.0112. The van der Waals surface area contributed by atoms with Crippen molar-refractivity contribution in [3.05, 3.63) is 28.7 Å². The summed E-state index contributed by atoms with van der Waals surface area (Å²) in [6.07, 6.45) is 2.29. The molecule has 0 radical (unpaired) electrons. The van der Waals surface area contributed by atoms with Crippen LogP contribution in [0.2, 0.25) is 0 Å². The van der Waals surface area contributed by atoms with Gasteiger partial charge in [0.15, 0.2) is 0 Å². The van der Waals surface area contributed by atoms with Gasteiger partial charge in [-0.2, -0.15) is 4.31 Å². The van der Waals surface area contributed by atoms with Crippen molar-refractivity contribution in [1.29, 1.82) is 0 Å². The number of sulfonamides is 1. The van der Waals surface area contributed by atoms with Crippen molar-refractivity contribution >= 4 is 15.9 Å². The van der Waals surface area contributed by atoms with Crippen LogP contribution in [0.4, 0.5) is 0 Å². The Bertz CT molecular complexity index is 617. The monoisotopic (exact) mass is 285 g/mol. The van der Waals surface area contributed by atoms with Crippen LogP contribution in [-0.4, -0.2) is 43.2 Å². The molecule has 2 rings (SSSR count). The lowest BCUT2D eigenvalue weighted by atomic mass is 10.2. The first kappa shape index (κ1) is 13.8. The van der Waals surface area contributed by atoms with Gasteiger partial charge in [-0.15, -0.1) is 0 Å². The lowest BCUT2D eigenvalue weighted by Gasteiger charge is -2.22. The molecule has 1 amide bonds. The largest absolute Gasteiger partial charge is 0.358 e. The zero-order chi connectivity index (χ0) is 14.0. The molecule has 1 aromatic heterocycles. The minimum atomic E-state index is -3.76. The van der Waals surface area contributed by atoms with E-state index in [0.717, 1.165) is 12.3 Å². The lowest BCUT2D eigenvalue weighted by Crippen LogP contribution is -2.44. The Morgan fingerprint density at radius 2 is 2.21 bits per heavy atom. The highest BCUT2D eigenvalue weighted by molar-refractivity contribution is 7.89. The normalized spacial score (nSPS) is 20.4. The molecule has 1 saturated heterocycles. The van der Waals surface area contributed by atoms with Crippen molar-refractivity contribution in [2.45, 2.75) is 23.8 Å². The van der Waals surface area contributed by atoms with Crippen LogP contribution < -0.4 is 10.9 Å². The second kappa shape index (κ2) is 5.14. The molecule has 7 nitrogen and oxygen atoms in total. The Balaban J connectivity index is 2.36. The quantitative estimate of drug-likeness (QED) is 0.765. The van der Waals surface area contributed by atoms with E-state index in [-0.39, 0.29) is 16.4 Å². The van der Waals surface area contributed by atoms with Crippen LogP contribution in [0.1, 0.15) is 12.8 Å². The molecule has 0 bridgehead atoms. The van der Waals surface area contributed by atoms with Gasteiger partial charge < -0.3 is 10.3 Å². The van der Waals surface area contributed by atoms with Gasteiger partial charge in [0, 0.05) is 25.9 Å². The first-order valence-electron chi connectivity index (χ1n) is 5.89. The first-order chi connectivity index (χ1) is 8.96. The fourth-order valence-electron chi connectivity index (χ4n) is 2.15. The van der Waals surface area contributed by atoms with Gasteiger partial charge in [0.2, 0.25) is 21.5 Å². The fraction of sp³-hybridized carbons (Fsp3) is 0.455. The smallest absolute Gasteiger partial charge is 0.247 e. The molecule has 1 unspecified atom stereocenters. The fourth-order valence-corrected chi connectivity index (χ4v) is 3.77. The summed E-state index contributed by atoms with van der Waals surface area (Å²) in [5.41, 5.74) is -0.372. The van der Waals surface area contributed by atoms with Gasteiger partial charge in [-0.3, -0.25) is 9.59 Å². The number of H-pyrrole nitrogens is 1. The number of rotatable bonds is 3. The van der Waals surface area contributed by atoms with E-state index >= 15 is 0 Å². The number of nitrogens with one attached hydrogen (secondary N) is 2. The van der Waals surface area contributed by atoms with E-state index in [1.807, 2.05) is 0 Å². The Morgan fingerprint density at radius 3 is 2.79 bits per heavy atom. The number of carbonyl (C=O) groups excluding carboxylic acids is 1. The number of pyridine rings is 1. The topological polar surface area (TPSA) is 99.3 Å². The third kappa shape index (κ3) is 2.54. The lowest BCUT2D eigenvalue weighted by molar-refractivity contribution is -0.123. The third-order valence-corrected chi connectivity index (χ3v) is 5.02. The van der Waals surface area contributed by atoms with Gasteiger partial charge >= 0.3 is 0 Å². The molecule has 2 heterocycles. The SMILES string of the molecule is CNC(=O)C1CCCN1S(=O)(=O)c1ccc(=O)[nH]c1. The van der Waals surface area contributed by atoms with Gasteiger partial charge in [-0.05, 0) is 18.9 Å². The maximum atomic E-state index is 12.4. The molecule has 0 spiro atoms. The molecule has 0 saturated carbocycles. The molecule has 1 aliphatic heterocycles. The Hall–Kier alpha value is -1.67. The molecule has 0 aliphatic carbocycles. The van der Waals surface area contributed by atoms with E-state index in [2.05, 4.69) is 10.3 Å². The standard InChI is InChI=1S/C11H15N3O4S/c1-12-11(16)9-3-2-6-14(9)19(17,18)8-4-5-10(15)13-7-8/h4-5,7,9H,2-3,6H2,1H3,(H,12,16)(H,13,15). The Morgan fingerprint density at radius 1 is 1.47 bits per heavy atom. The number of nitrogens with zero attached hydrogens (tertiary/aromatic N) is 1. The van der Waals surface area contributed by atoms with Crippen LogP contribution in [0.15, 0.2) is 28.0 Å². The van der Waals surface area contributed by atoms with Crippen molar-refractivity contribution in [3.63, 3.8) is 0 Å². The number of hydrogen-bond donors (Lipinski definition) is 2. The van der Waals surface area contributed by atoms with Crippen molar-refractivity contribution in [1.82, 2.24) is 14.6 Å². The number of hydrogen-bond acceptors (Lipinski definition) is 4. The molecular weight excluding hydrogens is 270 g/mol. The molecule has 104 valence electrons. The number of amides is 1. The Labute approximate surface area is 110 Å².